The summed E-state index contributed by atoms with van der Waals surface area (Å²) in [6, 6.07) is 13.2. The number of nitrogens with one attached hydrogen (secondary N) is 2. The zero-order chi connectivity index (χ0) is 18.9. The topological polar surface area (TPSA) is 114 Å². The van der Waals surface area contributed by atoms with Gasteiger partial charge in [0.15, 0.2) is 0 Å². The SMILES string of the molecule is Cc1ccccc1NC(=O)CCC(=O)N/N=C\c1cccc([N+](=O)[O-])c1. The number of benzene rings is 2. The fourth-order valence-corrected chi connectivity index (χ4v) is 2.11. The van der Waals surface area contributed by atoms with Crippen LogP contribution in [0.5, 0.6) is 0 Å². The minimum Gasteiger partial charge on any atom is -0.326 e. The van der Waals surface area contributed by atoms with E-state index in [1.54, 1.807) is 12.1 Å². The highest BCUT2D eigenvalue weighted by molar-refractivity contribution is 5.94. The second-order valence-corrected chi connectivity index (χ2v) is 5.51. The van der Waals surface area contributed by atoms with Crippen LogP contribution in [0.3, 0.4) is 0 Å². The molecule has 0 saturated carbocycles. The van der Waals surface area contributed by atoms with Crippen LogP contribution >= 0.6 is 0 Å². The van der Waals surface area contributed by atoms with Gasteiger partial charge in [-0.25, -0.2) is 5.43 Å². The molecule has 2 N–H and O–H groups in total. The summed E-state index contributed by atoms with van der Waals surface area (Å²) in [5.41, 5.74) is 4.36. The van der Waals surface area contributed by atoms with Crippen molar-refractivity contribution in [1.82, 2.24) is 5.43 Å². The van der Waals surface area contributed by atoms with E-state index in [1.165, 1.54) is 24.4 Å². The standard InChI is InChI=1S/C18H18N4O4/c1-13-5-2-3-8-16(13)20-17(23)9-10-18(24)21-19-12-14-6-4-7-15(11-14)22(25)26/h2-8,11-12H,9-10H2,1H3,(H,20,23)(H,21,24)/b19-12-. The molecule has 0 radical (unpaired) electrons. The number of nitro groups is 1. The van der Waals surface area contributed by atoms with Crippen molar-refractivity contribution in [2.24, 2.45) is 5.10 Å². The molecule has 2 amide bonds. The third kappa shape index (κ3) is 5.82. The molecule has 0 atom stereocenters. The lowest BCUT2D eigenvalue weighted by atomic mass is 10.2. The number of amides is 2. The van der Waals surface area contributed by atoms with Crippen LogP contribution in [-0.4, -0.2) is 23.0 Å². The molecule has 2 rings (SSSR count). The van der Waals surface area contributed by atoms with Crippen LogP contribution in [0.15, 0.2) is 53.6 Å². The predicted molar refractivity (Wildman–Crippen MR) is 97.9 cm³/mol. The number of carbonyl (C=O) groups is 2. The molecule has 2 aromatic carbocycles. The van der Waals surface area contributed by atoms with Crippen molar-refractivity contribution < 1.29 is 14.5 Å². The Bertz CT molecular complexity index is 849. The van der Waals surface area contributed by atoms with Gasteiger partial charge in [-0.3, -0.25) is 19.7 Å². The second-order valence-electron chi connectivity index (χ2n) is 5.51. The number of hydrogen-bond acceptors (Lipinski definition) is 5. The van der Waals surface area contributed by atoms with Gasteiger partial charge in [0.2, 0.25) is 11.8 Å². The summed E-state index contributed by atoms with van der Waals surface area (Å²) in [5, 5.41) is 17.2. The van der Waals surface area contributed by atoms with E-state index >= 15 is 0 Å². The number of carbonyl (C=O) groups excluding carboxylic acids is 2. The Hall–Kier alpha value is -3.55. The summed E-state index contributed by atoms with van der Waals surface area (Å²) < 4.78 is 0. The Morgan fingerprint density at radius 3 is 2.58 bits per heavy atom. The summed E-state index contributed by atoms with van der Waals surface area (Å²) >= 11 is 0. The molecule has 2 aromatic rings. The molecule has 0 spiro atoms. The fourth-order valence-electron chi connectivity index (χ4n) is 2.11. The van der Waals surface area contributed by atoms with Crippen molar-refractivity contribution in [3.63, 3.8) is 0 Å². The number of para-hydroxylation sites is 1. The first-order valence-electron chi connectivity index (χ1n) is 7.87. The normalized spacial score (nSPS) is 10.5. The number of nitro benzene ring substituents is 1. The van der Waals surface area contributed by atoms with Crippen LogP contribution in [0.1, 0.15) is 24.0 Å². The molecule has 134 valence electrons. The van der Waals surface area contributed by atoms with Crippen molar-refractivity contribution >= 4 is 29.4 Å². The molecule has 0 saturated heterocycles. The molecular formula is C18H18N4O4. The van der Waals surface area contributed by atoms with Gasteiger partial charge in [-0.15, -0.1) is 0 Å². The minimum atomic E-state index is -0.511. The van der Waals surface area contributed by atoms with Gasteiger partial charge in [-0.2, -0.15) is 5.10 Å². The van der Waals surface area contributed by atoms with Gasteiger partial charge in [-0.05, 0) is 18.6 Å². The molecule has 0 unspecified atom stereocenters. The van der Waals surface area contributed by atoms with E-state index in [1.807, 2.05) is 25.1 Å². The zero-order valence-electron chi connectivity index (χ0n) is 14.1. The van der Waals surface area contributed by atoms with Gasteiger partial charge >= 0.3 is 0 Å². The van der Waals surface area contributed by atoms with E-state index in [2.05, 4.69) is 15.8 Å². The average Bonchev–Trinajstić information content (AvgIpc) is 2.62. The molecule has 0 aromatic heterocycles. The quantitative estimate of drug-likeness (QED) is 0.452. The second kappa shape index (κ2) is 9.07. The van der Waals surface area contributed by atoms with Crippen molar-refractivity contribution in [3.05, 3.63) is 69.8 Å². The molecule has 0 fully saturated rings. The zero-order valence-corrected chi connectivity index (χ0v) is 14.1. The van der Waals surface area contributed by atoms with Gasteiger partial charge in [-0.1, -0.05) is 30.3 Å². The molecule has 0 aliphatic carbocycles. The number of aryl methyl sites for hydroxylation is 1. The van der Waals surface area contributed by atoms with Crippen LogP contribution < -0.4 is 10.7 Å². The van der Waals surface area contributed by atoms with Crippen LogP contribution in [0.25, 0.3) is 0 Å². The molecule has 0 bridgehead atoms. The first-order chi connectivity index (χ1) is 12.5. The minimum absolute atomic E-state index is 0.0203. The van der Waals surface area contributed by atoms with Gasteiger partial charge in [0.25, 0.3) is 5.69 Å². The third-order valence-corrected chi connectivity index (χ3v) is 3.48. The number of hydrogen-bond donors (Lipinski definition) is 2. The Kier molecular flexibility index (Phi) is 6.55. The molecular weight excluding hydrogens is 336 g/mol. The first kappa shape index (κ1) is 18.8. The lowest BCUT2D eigenvalue weighted by molar-refractivity contribution is -0.384. The average molecular weight is 354 g/mol. The lowest BCUT2D eigenvalue weighted by Crippen LogP contribution is -2.20. The summed E-state index contributed by atoms with van der Waals surface area (Å²) in [7, 11) is 0. The maximum Gasteiger partial charge on any atom is 0.270 e. The molecule has 0 aliphatic rings. The lowest BCUT2D eigenvalue weighted by Gasteiger charge is -2.07. The van der Waals surface area contributed by atoms with Gasteiger partial charge < -0.3 is 5.32 Å². The highest BCUT2D eigenvalue weighted by Crippen LogP contribution is 2.13. The van der Waals surface area contributed by atoms with Crippen LogP contribution in [0.4, 0.5) is 11.4 Å². The molecule has 26 heavy (non-hydrogen) atoms. The Balaban J connectivity index is 1.78. The maximum atomic E-state index is 11.9. The first-order valence-corrected chi connectivity index (χ1v) is 7.87. The Morgan fingerprint density at radius 2 is 1.85 bits per heavy atom. The van der Waals surface area contributed by atoms with Crippen molar-refractivity contribution in [1.29, 1.82) is 0 Å². The Morgan fingerprint density at radius 1 is 1.12 bits per heavy atom. The summed E-state index contributed by atoms with van der Waals surface area (Å²) in [6.07, 6.45) is 1.30. The largest absolute Gasteiger partial charge is 0.326 e. The summed E-state index contributed by atoms with van der Waals surface area (Å²) in [5.74, 6) is -0.691. The van der Waals surface area contributed by atoms with E-state index in [0.717, 1.165) is 5.56 Å². The predicted octanol–water partition coefficient (Wildman–Crippen LogP) is 2.77. The highest BCUT2D eigenvalue weighted by Gasteiger charge is 2.08. The van der Waals surface area contributed by atoms with Crippen molar-refractivity contribution in [2.75, 3.05) is 5.32 Å². The van der Waals surface area contributed by atoms with Crippen LogP contribution in [0, 0.1) is 17.0 Å². The van der Waals surface area contributed by atoms with E-state index in [0.29, 0.717) is 11.3 Å². The fraction of sp³-hybridized carbons (Fsp3) is 0.167. The Labute approximate surface area is 150 Å². The maximum absolute atomic E-state index is 11.9. The molecule has 8 nitrogen and oxygen atoms in total. The summed E-state index contributed by atoms with van der Waals surface area (Å²) in [6.45, 7) is 1.88. The highest BCUT2D eigenvalue weighted by atomic mass is 16.6. The van der Waals surface area contributed by atoms with Crippen molar-refractivity contribution in [3.8, 4) is 0 Å². The van der Waals surface area contributed by atoms with Gasteiger partial charge in [0.1, 0.15) is 0 Å². The summed E-state index contributed by atoms with van der Waals surface area (Å²) in [4.78, 5) is 33.8. The van der Waals surface area contributed by atoms with E-state index < -0.39 is 10.8 Å². The van der Waals surface area contributed by atoms with Gasteiger partial charge in [0.05, 0.1) is 11.1 Å². The molecule has 8 heteroatoms. The molecule has 0 heterocycles. The van der Waals surface area contributed by atoms with Crippen LogP contribution in [0.2, 0.25) is 0 Å². The van der Waals surface area contributed by atoms with E-state index in [9.17, 15) is 19.7 Å². The third-order valence-electron chi connectivity index (χ3n) is 3.48. The molecule has 0 aliphatic heterocycles. The van der Waals surface area contributed by atoms with E-state index in [-0.39, 0.29) is 24.4 Å². The number of anilines is 1. The number of hydrazone groups is 1. The van der Waals surface area contributed by atoms with Crippen LogP contribution in [-0.2, 0) is 9.59 Å². The van der Waals surface area contributed by atoms with Crippen molar-refractivity contribution in [2.45, 2.75) is 19.8 Å². The number of non-ortho nitro benzene ring substituents is 1. The smallest absolute Gasteiger partial charge is 0.270 e. The number of rotatable bonds is 7. The number of nitrogens with zero attached hydrogens (tertiary/aromatic N) is 2. The van der Waals surface area contributed by atoms with Gasteiger partial charge in [0, 0.05) is 36.2 Å². The van der Waals surface area contributed by atoms with E-state index in [4.69, 9.17) is 0 Å². The monoisotopic (exact) mass is 354 g/mol.